The van der Waals surface area contributed by atoms with Gasteiger partial charge >= 0.3 is 12.1 Å². The molecule has 4 nitrogen and oxygen atoms in total. The van der Waals surface area contributed by atoms with Crippen molar-refractivity contribution in [2.75, 3.05) is 11.9 Å². The van der Waals surface area contributed by atoms with Gasteiger partial charge in [0.2, 0.25) is 0 Å². The summed E-state index contributed by atoms with van der Waals surface area (Å²) in [6.45, 7) is -0.799. The highest BCUT2D eigenvalue weighted by Gasteiger charge is 2.35. The summed E-state index contributed by atoms with van der Waals surface area (Å²) in [6, 6.07) is 8.65. The van der Waals surface area contributed by atoms with Crippen LogP contribution in [0.3, 0.4) is 0 Å². The third kappa shape index (κ3) is 4.87. The molecule has 1 amide bonds. The summed E-state index contributed by atoms with van der Waals surface area (Å²) >= 11 is 11.7. The highest BCUT2D eigenvalue weighted by Crippen LogP contribution is 2.32. The molecule has 0 spiro atoms. The number of carbonyl (C=O) groups is 2. The Bertz CT molecular complexity index is 789. The summed E-state index contributed by atoms with van der Waals surface area (Å²) in [6.07, 6.45) is -4.72. The maximum absolute atomic E-state index is 12.9. The number of benzene rings is 2. The zero-order valence-electron chi connectivity index (χ0n) is 12.4. The van der Waals surface area contributed by atoms with Crippen molar-refractivity contribution in [3.05, 3.63) is 63.6 Å². The fourth-order valence-corrected chi connectivity index (χ4v) is 2.40. The van der Waals surface area contributed by atoms with Gasteiger partial charge in [-0.3, -0.25) is 4.79 Å². The van der Waals surface area contributed by atoms with Crippen LogP contribution < -0.4 is 5.32 Å². The van der Waals surface area contributed by atoms with Gasteiger partial charge in [-0.2, -0.15) is 13.2 Å². The summed E-state index contributed by atoms with van der Waals surface area (Å²) in [5.41, 5.74) is -1.71. The number of rotatable bonds is 4. The van der Waals surface area contributed by atoms with Gasteiger partial charge in [-0.1, -0.05) is 41.4 Å². The molecule has 0 fully saturated rings. The second-order valence-corrected chi connectivity index (χ2v) is 5.58. The maximum Gasteiger partial charge on any atom is 0.417 e. The summed E-state index contributed by atoms with van der Waals surface area (Å²) in [4.78, 5) is 23.7. The summed E-state index contributed by atoms with van der Waals surface area (Å²) in [5, 5.41) is 2.65. The van der Waals surface area contributed by atoms with Crippen LogP contribution in [0.2, 0.25) is 10.0 Å². The van der Waals surface area contributed by atoms with Gasteiger partial charge < -0.3 is 10.1 Å². The molecule has 2 aromatic carbocycles. The molecule has 2 rings (SSSR count). The van der Waals surface area contributed by atoms with E-state index in [4.69, 9.17) is 23.2 Å². The van der Waals surface area contributed by atoms with Crippen LogP contribution in [0, 0.1) is 0 Å². The molecule has 9 heteroatoms. The molecule has 0 aliphatic rings. The molecular weight excluding hydrogens is 382 g/mol. The first-order valence-corrected chi connectivity index (χ1v) is 7.53. The quantitative estimate of drug-likeness (QED) is 0.761. The number of carbonyl (C=O) groups excluding carboxylic acids is 2. The minimum absolute atomic E-state index is 0.113. The van der Waals surface area contributed by atoms with Gasteiger partial charge in [-0.25, -0.2) is 4.79 Å². The van der Waals surface area contributed by atoms with E-state index in [0.717, 1.165) is 18.2 Å². The zero-order valence-corrected chi connectivity index (χ0v) is 13.9. The van der Waals surface area contributed by atoms with E-state index >= 15 is 0 Å². The molecule has 132 valence electrons. The first-order valence-electron chi connectivity index (χ1n) is 6.77. The highest BCUT2D eigenvalue weighted by atomic mass is 35.5. The number of alkyl halides is 3. The van der Waals surface area contributed by atoms with E-state index in [1.165, 1.54) is 18.2 Å². The number of para-hydroxylation sites is 1. The van der Waals surface area contributed by atoms with Gasteiger partial charge in [0.05, 0.1) is 26.9 Å². The Kier molecular flexibility index (Phi) is 5.92. The van der Waals surface area contributed by atoms with Crippen molar-refractivity contribution in [3.8, 4) is 0 Å². The van der Waals surface area contributed by atoms with Gasteiger partial charge in [0.25, 0.3) is 5.91 Å². The van der Waals surface area contributed by atoms with Crippen LogP contribution in [0.5, 0.6) is 0 Å². The minimum Gasteiger partial charge on any atom is -0.452 e. The standard InChI is InChI=1S/C16H10Cl2F3NO3/c17-11-6-3-7-12(18)14(11)22-13(23)8-25-15(24)9-4-1-2-5-10(9)16(19,20)21/h1-7H,8H2,(H,22,23). The first-order chi connectivity index (χ1) is 11.7. The lowest BCUT2D eigenvalue weighted by atomic mass is 10.1. The molecule has 0 aromatic heterocycles. The largest absolute Gasteiger partial charge is 0.452 e. The normalized spacial score (nSPS) is 11.1. The molecule has 0 saturated heterocycles. The van der Waals surface area contributed by atoms with Crippen LogP contribution >= 0.6 is 23.2 Å². The highest BCUT2D eigenvalue weighted by molar-refractivity contribution is 6.39. The van der Waals surface area contributed by atoms with E-state index in [1.54, 1.807) is 6.07 Å². The van der Waals surface area contributed by atoms with Crippen molar-refractivity contribution in [2.45, 2.75) is 6.18 Å². The fraction of sp³-hybridized carbons (Fsp3) is 0.125. The van der Waals surface area contributed by atoms with Crippen molar-refractivity contribution >= 4 is 40.8 Å². The van der Waals surface area contributed by atoms with Crippen molar-refractivity contribution < 1.29 is 27.5 Å². The second kappa shape index (κ2) is 7.76. The molecule has 0 saturated carbocycles. The monoisotopic (exact) mass is 391 g/mol. The number of esters is 1. The van der Waals surface area contributed by atoms with Gasteiger partial charge in [0.1, 0.15) is 0 Å². The van der Waals surface area contributed by atoms with Gasteiger partial charge in [-0.15, -0.1) is 0 Å². The average molecular weight is 392 g/mol. The number of halogens is 5. The molecule has 0 aliphatic heterocycles. The Hall–Kier alpha value is -2.25. The molecule has 2 aromatic rings. The Morgan fingerprint density at radius 3 is 2.20 bits per heavy atom. The van der Waals surface area contributed by atoms with Crippen LogP contribution in [0.1, 0.15) is 15.9 Å². The molecule has 0 aliphatic carbocycles. The van der Waals surface area contributed by atoms with Crippen molar-refractivity contribution in [1.82, 2.24) is 0 Å². The molecule has 0 unspecified atom stereocenters. The van der Waals surface area contributed by atoms with Gasteiger partial charge in [-0.05, 0) is 24.3 Å². The third-order valence-electron chi connectivity index (χ3n) is 3.01. The van der Waals surface area contributed by atoms with Crippen molar-refractivity contribution in [3.63, 3.8) is 0 Å². The van der Waals surface area contributed by atoms with Crippen LogP contribution in [-0.4, -0.2) is 18.5 Å². The predicted octanol–water partition coefficient (Wildman–Crippen LogP) is 4.81. The van der Waals surface area contributed by atoms with Gasteiger partial charge in [0.15, 0.2) is 6.61 Å². The Labute approximate surface area is 150 Å². The topological polar surface area (TPSA) is 55.4 Å². The zero-order chi connectivity index (χ0) is 18.6. The predicted molar refractivity (Wildman–Crippen MR) is 86.8 cm³/mol. The number of nitrogens with one attached hydrogen (secondary N) is 1. The Morgan fingerprint density at radius 2 is 1.60 bits per heavy atom. The van der Waals surface area contributed by atoms with Crippen LogP contribution in [-0.2, 0) is 15.7 Å². The Morgan fingerprint density at radius 1 is 1.00 bits per heavy atom. The van der Waals surface area contributed by atoms with E-state index in [-0.39, 0.29) is 15.7 Å². The van der Waals surface area contributed by atoms with E-state index < -0.39 is 35.8 Å². The van der Waals surface area contributed by atoms with E-state index in [0.29, 0.717) is 0 Å². The van der Waals surface area contributed by atoms with E-state index in [9.17, 15) is 22.8 Å². The third-order valence-corrected chi connectivity index (χ3v) is 3.64. The van der Waals surface area contributed by atoms with Crippen molar-refractivity contribution in [1.29, 1.82) is 0 Å². The lowest BCUT2D eigenvalue weighted by molar-refractivity contribution is -0.138. The fourth-order valence-electron chi connectivity index (χ4n) is 1.91. The molecule has 0 bridgehead atoms. The molecular formula is C16H10Cl2F3NO3. The van der Waals surface area contributed by atoms with Crippen molar-refractivity contribution in [2.24, 2.45) is 0 Å². The molecule has 1 N–H and O–H groups in total. The van der Waals surface area contributed by atoms with Crippen LogP contribution in [0.4, 0.5) is 18.9 Å². The number of amides is 1. The number of ether oxygens (including phenoxy) is 1. The average Bonchev–Trinajstić information content (AvgIpc) is 2.55. The van der Waals surface area contributed by atoms with E-state index in [1.807, 2.05) is 0 Å². The smallest absolute Gasteiger partial charge is 0.417 e. The molecule has 0 atom stereocenters. The SMILES string of the molecule is O=C(COC(=O)c1ccccc1C(F)(F)F)Nc1c(Cl)cccc1Cl. The van der Waals surface area contributed by atoms with Gasteiger partial charge in [0, 0.05) is 0 Å². The lowest BCUT2D eigenvalue weighted by Crippen LogP contribution is -2.22. The minimum atomic E-state index is -4.72. The van der Waals surface area contributed by atoms with Crippen LogP contribution in [0.15, 0.2) is 42.5 Å². The number of hydrogen-bond acceptors (Lipinski definition) is 3. The summed E-state index contributed by atoms with van der Waals surface area (Å²) in [5.74, 6) is -2.07. The van der Waals surface area contributed by atoms with Crippen LogP contribution in [0.25, 0.3) is 0 Å². The number of hydrogen-bond donors (Lipinski definition) is 1. The first kappa shape index (κ1) is 19.1. The molecule has 0 radical (unpaired) electrons. The Balaban J connectivity index is 2.05. The molecule has 25 heavy (non-hydrogen) atoms. The summed E-state index contributed by atoms with van der Waals surface area (Å²) in [7, 11) is 0. The van der Waals surface area contributed by atoms with E-state index in [2.05, 4.69) is 10.1 Å². The summed E-state index contributed by atoms with van der Waals surface area (Å²) < 4.78 is 43.2. The lowest BCUT2D eigenvalue weighted by Gasteiger charge is -2.12. The second-order valence-electron chi connectivity index (χ2n) is 4.76. The molecule has 0 heterocycles. The number of anilines is 1. The maximum atomic E-state index is 12.9.